The third-order valence-electron chi connectivity index (χ3n) is 3.75. The molecule has 1 fully saturated rings. The van der Waals surface area contributed by atoms with Crippen molar-refractivity contribution in [2.45, 2.75) is 32.2 Å². The lowest BCUT2D eigenvalue weighted by molar-refractivity contribution is -0.116. The van der Waals surface area contributed by atoms with Gasteiger partial charge in [0, 0.05) is 31.2 Å². The Hall–Kier alpha value is -1.10. The molecular formula is C16H26ClN3O. The van der Waals surface area contributed by atoms with Crippen LogP contribution in [0.4, 0.5) is 5.69 Å². The molecule has 1 aliphatic heterocycles. The number of nitrogens with zero attached hydrogens (tertiary/aromatic N) is 1. The molecule has 1 amide bonds. The number of carbonyl (C=O) groups excluding carboxylic acids is 1. The van der Waals surface area contributed by atoms with Crippen molar-refractivity contribution < 1.29 is 4.79 Å². The quantitative estimate of drug-likeness (QED) is 0.813. The zero-order valence-corrected chi connectivity index (χ0v) is 13.5. The second-order valence-corrected chi connectivity index (χ2v) is 5.35. The SMILES string of the molecule is CCCN(CCC(=O)Nc1ccccc1)C1CCNC1.Cl. The maximum atomic E-state index is 12.0. The first-order valence-corrected chi connectivity index (χ1v) is 7.59. The zero-order valence-electron chi connectivity index (χ0n) is 12.7. The van der Waals surface area contributed by atoms with Crippen molar-refractivity contribution in [2.24, 2.45) is 0 Å². The standard InChI is InChI=1S/C16H25N3O.ClH/c1-2-11-19(15-8-10-17-13-15)12-9-16(20)18-14-6-4-3-5-7-14;/h3-7,15,17H,2,8-13H2,1H3,(H,18,20);1H. The fourth-order valence-corrected chi connectivity index (χ4v) is 2.71. The molecule has 118 valence electrons. The van der Waals surface area contributed by atoms with Crippen LogP contribution in [0.3, 0.4) is 0 Å². The van der Waals surface area contributed by atoms with E-state index in [1.807, 2.05) is 30.3 Å². The van der Waals surface area contributed by atoms with Crippen LogP contribution in [0.2, 0.25) is 0 Å². The molecule has 1 heterocycles. The van der Waals surface area contributed by atoms with Crippen LogP contribution < -0.4 is 10.6 Å². The lowest BCUT2D eigenvalue weighted by atomic mass is 10.2. The van der Waals surface area contributed by atoms with Gasteiger partial charge in [-0.3, -0.25) is 9.69 Å². The normalized spacial score (nSPS) is 17.5. The maximum Gasteiger partial charge on any atom is 0.225 e. The highest BCUT2D eigenvalue weighted by Gasteiger charge is 2.21. The number of para-hydroxylation sites is 1. The highest BCUT2D eigenvalue weighted by Crippen LogP contribution is 2.11. The van der Waals surface area contributed by atoms with E-state index in [9.17, 15) is 4.79 Å². The molecule has 2 N–H and O–H groups in total. The lowest BCUT2D eigenvalue weighted by Gasteiger charge is -2.27. The van der Waals surface area contributed by atoms with Gasteiger partial charge in [0.2, 0.25) is 5.91 Å². The number of benzene rings is 1. The summed E-state index contributed by atoms with van der Waals surface area (Å²) in [4.78, 5) is 14.4. The van der Waals surface area contributed by atoms with E-state index in [2.05, 4.69) is 22.5 Å². The van der Waals surface area contributed by atoms with E-state index in [0.29, 0.717) is 12.5 Å². The third-order valence-corrected chi connectivity index (χ3v) is 3.75. The molecule has 1 unspecified atom stereocenters. The Morgan fingerprint density at radius 1 is 1.33 bits per heavy atom. The largest absolute Gasteiger partial charge is 0.326 e. The Bertz CT molecular complexity index is 407. The number of amides is 1. The van der Waals surface area contributed by atoms with Gasteiger partial charge in [0.05, 0.1) is 0 Å². The predicted molar refractivity (Wildman–Crippen MR) is 90.1 cm³/mol. The number of halogens is 1. The van der Waals surface area contributed by atoms with Gasteiger partial charge >= 0.3 is 0 Å². The smallest absolute Gasteiger partial charge is 0.225 e. The van der Waals surface area contributed by atoms with Gasteiger partial charge in [0.15, 0.2) is 0 Å². The third kappa shape index (κ3) is 6.04. The van der Waals surface area contributed by atoms with Gasteiger partial charge in [-0.15, -0.1) is 12.4 Å². The number of carbonyl (C=O) groups is 1. The molecule has 4 nitrogen and oxygen atoms in total. The first-order valence-electron chi connectivity index (χ1n) is 7.59. The van der Waals surface area contributed by atoms with E-state index in [0.717, 1.165) is 38.3 Å². The van der Waals surface area contributed by atoms with Crippen molar-refractivity contribution in [3.05, 3.63) is 30.3 Å². The Balaban J connectivity index is 0.00000220. The Morgan fingerprint density at radius 2 is 2.10 bits per heavy atom. The second-order valence-electron chi connectivity index (χ2n) is 5.35. The summed E-state index contributed by atoms with van der Waals surface area (Å²) in [6, 6.07) is 10.3. The van der Waals surface area contributed by atoms with Crippen molar-refractivity contribution >= 4 is 24.0 Å². The van der Waals surface area contributed by atoms with Gasteiger partial charge in [0.1, 0.15) is 0 Å². The summed E-state index contributed by atoms with van der Waals surface area (Å²) in [5, 5.41) is 6.35. The first-order chi connectivity index (χ1) is 9.79. The molecule has 1 aromatic carbocycles. The molecule has 0 spiro atoms. The summed E-state index contributed by atoms with van der Waals surface area (Å²) in [6.45, 7) is 6.27. The van der Waals surface area contributed by atoms with Crippen LogP contribution >= 0.6 is 12.4 Å². The molecule has 0 aliphatic carbocycles. The summed E-state index contributed by atoms with van der Waals surface area (Å²) >= 11 is 0. The molecule has 5 heteroatoms. The van der Waals surface area contributed by atoms with Crippen LogP contribution in [-0.2, 0) is 4.79 Å². The van der Waals surface area contributed by atoms with Crippen molar-refractivity contribution in [1.82, 2.24) is 10.2 Å². The van der Waals surface area contributed by atoms with E-state index in [-0.39, 0.29) is 18.3 Å². The van der Waals surface area contributed by atoms with Crippen LogP contribution in [0.1, 0.15) is 26.2 Å². The molecule has 0 radical (unpaired) electrons. The van der Waals surface area contributed by atoms with Crippen LogP contribution in [0, 0.1) is 0 Å². The van der Waals surface area contributed by atoms with Gasteiger partial charge in [-0.2, -0.15) is 0 Å². The van der Waals surface area contributed by atoms with E-state index in [1.54, 1.807) is 0 Å². The minimum absolute atomic E-state index is 0. The topological polar surface area (TPSA) is 44.4 Å². The van der Waals surface area contributed by atoms with Crippen molar-refractivity contribution in [1.29, 1.82) is 0 Å². The van der Waals surface area contributed by atoms with E-state index >= 15 is 0 Å². The average molecular weight is 312 g/mol. The van der Waals surface area contributed by atoms with Gasteiger partial charge < -0.3 is 10.6 Å². The van der Waals surface area contributed by atoms with Crippen LogP contribution in [-0.4, -0.2) is 43.0 Å². The minimum atomic E-state index is 0. The van der Waals surface area contributed by atoms with Gasteiger partial charge in [-0.25, -0.2) is 0 Å². The van der Waals surface area contributed by atoms with Crippen molar-refractivity contribution in [2.75, 3.05) is 31.5 Å². The maximum absolute atomic E-state index is 12.0. The summed E-state index contributed by atoms with van der Waals surface area (Å²) < 4.78 is 0. The van der Waals surface area contributed by atoms with Crippen molar-refractivity contribution in [3.63, 3.8) is 0 Å². The predicted octanol–water partition coefficient (Wildman–Crippen LogP) is 2.51. The highest BCUT2D eigenvalue weighted by atomic mass is 35.5. The number of hydrogen-bond donors (Lipinski definition) is 2. The van der Waals surface area contributed by atoms with Gasteiger partial charge in [0.25, 0.3) is 0 Å². The Kier molecular flexibility index (Phi) is 8.35. The molecule has 21 heavy (non-hydrogen) atoms. The Morgan fingerprint density at radius 3 is 2.71 bits per heavy atom. The monoisotopic (exact) mass is 311 g/mol. The fourth-order valence-electron chi connectivity index (χ4n) is 2.71. The molecule has 1 atom stereocenters. The van der Waals surface area contributed by atoms with E-state index in [4.69, 9.17) is 0 Å². The summed E-state index contributed by atoms with van der Waals surface area (Å²) in [6.07, 6.45) is 2.89. The number of anilines is 1. The molecule has 0 aromatic heterocycles. The molecule has 0 saturated carbocycles. The first kappa shape index (κ1) is 18.0. The van der Waals surface area contributed by atoms with Crippen LogP contribution in [0.15, 0.2) is 30.3 Å². The molecule has 0 bridgehead atoms. The second kappa shape index (κ2) is 9.77. The highest BCUT2D eigenvalue weighted by molar-refractivity contribution is 5.90. The van der Waals surface area contributed by atoms with E-state index < -0.39 is 0 Å². The molecule has 2 rings (SSSR count). The Labute approximate surface area is 133 Å². The minimum Gasteiger partial charge on any atom is -0.326 e. The number of hydrogen-bond acceptors (Lipinski definition) is 3. The average Bonchev–Trinajstić information content (AvgIpc) is 2.98. The van der Waals surface area contributed by atoms with Gasteiger partial charge in [-0.1, -0.05) is 25.1 Å². The molecule has 1 aliphatic rings. The molecular weight excluding hydrogens is 286 g/mol. The fraction of sp³-hybridized carbons (Fsp3) is 0.562. The summed E-state index contributed by atoms with van der Waals surface area (Å²) in [7, 11) is 0. The molecule has 1 aromatic rings. The number of nitrogens with one attached hydrogen (secondary N) is 2. The van der Waals surface area contributed by atoms with Crippen LogP contribution in [0.25, 0.3) is 0 Å². The van der Waals surface area contributed by atoms with E-state index in [1.165, 1.54) is 6.42 Å². The number of rotatable bonds is 7. The van der Waals surface area contributed by atoms with Gasteiger partial charge in [-0.05, 0) is 38.1 Å². The van der Waals surface area contributed by atoms with Crippen molar-refractivity contribution in [3.8, 4) is 0 Å². The summed E-state index contributed by atoms with van der Waals surface area (Å²) in [5.74, 6) is 0.100. The lowest BCUT2D eigenvalue weighted by Crippen LogP contribution is -2.39. The van der Waals surface area contributed by atoms with Crippen LogP contribution in [0.5, 0.6) is 0 Å². The molecule has 1 saturated heterocycles. The zero-order chi connectivity index (χ0) is 14.2. The summed E-state index contributed by atoms with van der Waals surface area (Å²) in [5.41, 5.74) is 0.877.